The number of carbonyl (C=O) groups is 1. The van der Waals surface area contributed by atoms with Gasteiger partial charge in [-0.2, -0.15) is 15.2 Å². The van der Waals surface area contributed by atoms with Gasteiger partial charge >= 0.3 is 5.97 Å². The van der Waals surface area contributed by atoms with Crippen molar-refractivity contribution in [2.45, 2.75) is 32.4 Å². The van der Waals surface area contributed by atoms with E-state index in [1.54, 1.807) is 6.92 Å². The molecule has 0 spiro atoms. The molecule has 1 saturated heterocycles. The van der Waals surface area contributed by atoms with Gasteiger partial charge in [0.2, 0.25) is 11.8 Å². The summed E-state index contributed by atoms with van der Waals surface area (Å²) in [7, 11) is 0. The van der Waals surface area contributed by atoms with Gasteiger partial charge in [-0.25, -0.2) is 9.78 Å². The van der Waals surface area contributed by atoms with Crippen LogP contribution in [-0.2, 0) is 6.54 Å². The highest BCUT2D eigenvalue weighted by molar-refractivity contribution is 7.17. The molecule has 186 valence electrons. The van der Waals surface area contributed by atoms with E-state index in [1.807, 2.05) is 30.3 Å². The summed E-state index contributed by atoms with van der Waals surface area (Å²) < 4.78 is 0. The van der Waals surface area contributed by atoms with E-state index < -0.39 is 5.97 Å². The lowest BCUT2D eigenvalue weighted by atomic mass is 10.1. The maximum absolute atomic E-state index is 11.4. The maximum atomic E-state index is 11.4. The lowest BCUT2D eigenvalue weighted by Crippen LogP contribution is -2.36. The van der Waals surface area contributed by atoms with Gasteiger partial charge in [0.25, 0.3) is 0 Å². The minimum Gasteiger partial charge on any atom is -0.477 e. The van der Waals surface area contributed by atoms with Crippen molar-refractivity contribution in [2.75, 3.05) is 28.6 Å². The zero-order chi connectivity index (χ0) is 25.1. The summed E-state index contributed by atoms with van der Waals surface area (Å²) >= 11 is 1.03. The van der Waals surface area contributed by atoms with Gasteiger partial charge < -0.3 is 20.4 Å². The third-order valence-corrected chi connectivity index (χ3v) is 6.80. The zero-order valence-electron chi connectivity index (χ0n) is 19.3. The van der Waals surface area contributed by atoms with Crippen LogP contribution in [0.4, 0.5) is 22.7 Å². The number of rotatable bonds is 8. The van der Waals surface area contributed by atoms with Gasteiger partial charge in [0.1, 0.15) is 16.5 Å². The zero-order valence-corrected chi connectivity index (χ0v) is 20.2. The van der Waals surface area contributed by atoms with Crippen LogP contribution < -0.4 is 15.5 Å². The second-order valence-corrected chi connectivity index (χ2v) is 9.30. The van der Waals surface area contributed by atoms with Crippen LogP contribution in [0.2, 0.25) is 0 Å². The number of aryl methyl sites for hydroxylation is 1. The van der Waals surface area contributed by atoms with Crippen molar-refractivity contribution < 1.29 is 15.0 Å². The standard InChI is InChI=1S/C22H24N10O3S/c1-12-18(20(34)35)36-22(24-12)27-21-25-16(10-17(26-21)32-8-6-15(33)7-9-32)23-11-13-2-4-14(5-3-13)19-28-30-31-29-19/h2-5,10,15,33H,6-9,11H2,1H3,(H,34,35)(H,28,29,30,31)(H2,23,24,25,26,27). The SMILES string of the molecule is Cc1nc(Nc2nc(NCc3ccc(-c4nn[nH]n4)cc3)cc(N3CCC(O)CC3)n2)sc1C(=O)O. The van der Waals surface area contributed by atoms with Crippen molar-refractivity contribution in [3.05, 3.63) is 46.5 Å². The minimum atomic E-state index is -1.02. The number of aliphatic hydroxyl groups is 1. The van der Waals surface area contributed by atoms with Crippen molar-refractivity contribution in [1.82, 2.24) is 35.6 Å². The number of anilines is 4. The summed E-state index contributed by atoms with van der Waals surface area (Å²) in [6.45, 7) is 3.52. The molecule has 5 N–H and O–H groups in total. The highest BCUT2D eigenvalue weighted by Gasteiger charge is 2.20. The van der Waals surface area contributed by atoms with Crippen LogP contribution in [0.5, 0.6) is 0 Å². The second kappa shape index (κ2) is 10.2. The van der Waals surface area contributed by atoms with Crippen LogP contribution in [0.15, 0.2) is 30.3 Å². The molecule has 3 aromatic heterocycles. The van der Waals surface area contributed by atoms with E-state index in [9.17, 15) is 15.0 Å². The third-order valence-electron chi connectivity index (χ3n) is 5.74. The predicted molar refractivity (Wildman–Crippen MR) is 134 cm³/mol. The minimum absolute atomic E-state index is 0.168. The monoisotopic (exact) mass is 508 g/mol. The van der Waals surface area contributed by atoms with Gasteiger partial charge in [-0.05, 0) is 30.5 Å². The summed E-state index contributed by atoms with van der Waals surface area (Å²) in [6, 6.07) is 9.65. The Morgan fingerprint density at radius 3 is 2.64 bits per heavy atom. The quantitative estimate of drug-likeness (QED) is 0.235. The predicted octanol–water partition coefficient (Wildman–Crippen LogP) is 2.44. The van der Waals surface area contributed by atoms with Crippen molar-refractivity contribution >= 4 is 40.0 Å². The van der Waals surface area contributed by atoms with Crippen molar-refractivity contribution in [1.29, 1.82) is 0 Å². The number of thiazole rings is 1. The smallest absolute Gasteiger partial charge is 0.347 e. The number of aromatic amines is 1. The topological polar surface area (TPSA) is 178 Å². The van der Waals surface area contributed by atoms with E-state index >= 15 is 0 Å². The van der Waals surface area contributed by atoms with Crippen LogP contribution in [0.3, 0.4) is 0 Å². The Morgan fingerprint density at radius 2 is 1.97 bits per heavy atom. The fourth-order valence-corrected chi connectivity index (χ4v) is 4.63. The number of tetrazole rings is 1. The molecule has 0 bridgehead atoms. The van der Waals surface area contributed by atoms with E-state index in [1.165, 1.54) is 0 Å². The Kier molecular flexibility index (Phi) is 6.69. The van der Waals surface area contributed by atoms with Crippen molar-refractivity contribution in [2.24, 2.45) is 0 Å². The molecular formula is C22H24N10O3S. The molecule has 0 unspecified atom stereocenters. The molecule has 1 aliphatic rings. The molecule has 14 heteroatoms. The number of hydrogen-bond acceptors (Lipinski definition) is 12. The van der Waals surface area contributed by atoms with Crippen molar-refractivity contribution in [3.8, 4) is 11.4 Å². The van der Waals surface area contributed by atoms with E-state index in [4.69, 9.17) is 0 Å². The normalized spacial score (nSPS) is 14.1. The molecule has 0 radical (unpaired) electrons. The van der Waals surface area contributed by atoms with E-state index in [2.05, 4.69) is 51.1 Å². The fraction of sp³-hybridized carbons (Fsp3) is 0.318. The molecule has 0 amide bonds. The summed E-state index contributed by atoms with van der Waals surface area (Å²) in [5, 5.41) is 40.0. The molecule has 4 aromatic rings. The number of benzene rings is 1. The number of hydrogen-bond donors (Lipinski definition) is 5. The Bertz CT molecular complexity index is 1330. The number of nitrogens with one attached hydrogen (secondary N) is 3. The van der Waals surface area contributed by atoms with Crippen molar-refractivity contribution in [3.63, 3.8) is 0 Å². The number of carboxylic acid groups (broad SMARTS) is 1. The molecule has 1 fully saturated rings. The van der Waals surface area contributed by atoms with Gasteiger partial charge in [-0.15, -0.1) is 10.2 Å². The summed E-state index contributed by atoms with van der Waals surface area (Å²) in [5.41, 5.74) is 2.31. The van der Waals surface area contributed by atoms with Gasteiger partial charge in [0.05, 0.1) is 11.8 Å². The first-order chi connectivity index (χ1) is 17.4. The first kappa shape index (κ1) is 23.6. The van der Waals surface area contributed by atoms with E-state index in [0.29, 0.717) is 66.7 Å². The molecule has 0 atom stereocenters. The Hall–Kier alpha value is -4.17. The van der Waals surface area contributed by atoms with Crippen LogP contribution in [-0.4, -0.2) is 71.0 Å². The molecule has 4 heterocycles. The van der Waals surface area contributed by atoms with Crippen LogP contribution in [0, 0.1) is 6.92 Å². The summed E-state index contributed by atoms with van der Waals surface area (Å²) in [5.74, 6) is 1.12. The third kappa shape index (κ3) is 5.39. The molecule has 1 aliphatic heterocycles. The lowest BCUT2D eigenvalue weighted by Gasteiger charge is -2.30. The summed E-state index contributed by atoms with van der Waals surface area (Å²) in [4.78, 5) is 27.2. The molecule has 0 saturated carbocycles. The first-order valence-electron chi connectivity index (χ1n) is 11.3. The fourth-order valence-electron chi connectivity index (χ4n) is 3.83. The number of aliphatic hydroxyl groups excluding tert-OH is 1. The number of carboxylic acids is 1. The lowest BCUT2D eigenvalue weighted by molar-refractivity contribution is 0.0701. The summed E-state index contributed by atoms with van der Waals surface area (Å²) in [6.07, 6.45) is 1.02. The van der Waals surface area contributed by atoms with Gasteiger partial charge in [0, 0.05) is 31.3 Å². The number of aromatic carboxylic acids is 1. The van der Waals surface area contributed by atoms with E-state index in [-0.39, 0.29) is 11.0 Å². The van der Waals surface area contributed by atoms with Gasteiger partial charge in [-0.3, -0.25) is 5.32 Å². The number of piperidine rings is 1. The Labute approximate surface area is 209 Å². The van der Waals surface area contributed by atoms with Crippen LogP contribution in [0.1, 0.15) is 33.8 Å². The van der Waals surface area contributed by atoms with Crippen LogP contribution >= 0.6 is 11.3 Å². The number of H-pyrrole nitrogens is 1. The Balaban J connectivity index is 1.36. The molecule has 36 heavy (non-hydrogen) atoms. The highest BCUT2D eigenvalue weighted by atomic mass is 32.1. The largest absolute Gasteiger partial charge is 0.477 e. The van der Waals surface area contributed by atoms with E-state index in [0.717, 1.165) is 22.5 Å². The molecular weight excluding hydrogens is 484 g/mol. The average Bonchev–Trinajstić information content (AvgIpc) is 3.53. The molecule has 5 rings (SSSR count). The number of aromatic nitrogens is 7. The second-order valence-electron chi connectivity index (χ2n) is 8.30. The van der Waals surface area contributed by atoms with Gasteiger partial charge in [0.15, 0.2) is 5.13 Å². The highest BCUT2D eigenvalue weighted by Crippen LogP contribution is 2.28. The number of nitrogens with zero attached hydrogens (tertiary/aromatic N) is 7. The first-order valence-corrected chi connectivity index (χ1v) is 12.1. The maximum Gasteiger partial charge on any atom is 0.347 e. The van der Waals surface area contributed by atoms with Crippen LogP contribution in [0.25, 0.3) is 11.4 Å². The molecule has 13 nitrogen and oxygen atoms in total. The molecule has 0 aliphatic carbocycles. The molecule has 1 aromatic carbocycles. The average molecular weight is 509 g/mol. The Morgan fingerprint density at radius 1 is 1.19 bits per heavy atom. The van der Waals surface area contributed by atoms with Gasteiger partial charge in [-0.1, -0.05) is 35.6 Å².